The topological polar surface area (TPSA) is 13.0 Å². The Morgan fingerprint density at radius 2 is 0.932 bits per heavy atom. The van der Waals surface area contributed by atoms with Gasteiger partial charge in [-0.25, -0.2) is 0 Å². The number of anilines is 2. The molecule has 0 aliphatic carbocycles. The molecule has 5 aromatic carbocycles. The average molecular weight is 750 g/mol. The van der Waals surface area contributed by atoms with Crippen LogP contribution >= 0.6 is 0 Å². The summed E-state index contributed by atoms with van der Waals surface area (Å²) >= 11 is -0.514. The molecule has 4 nitrogen and oxygen atoms in total. The third-order valence-electron chi connectivity index (χ3n) is 8.45. The Labute approximate surface area is 267 Å². The van der Waals surface area contributed by atoms with Gasteiger partial charge in [0.05, 0.1) is 0 Å². The summed E-state index contributed by atoms with van der Waals surface area (Å²) in [5.74, 6) is 0. The van der Waals surface area contributed by atoms with E-state index in [0.717, 1.165) is 0 Å². The van der Waals surface area contributed by atoms with Gasteiger partial charge in [-0.2, -0.15) is 0 Å². The predicted molar refractivity (Wildman–Crippen MR) is 184 cm³/mol. The van der Waals surface area contributed by atoms with Crippen LogP contribution in [0.1, 0.15) is 0 Å². The fraction of sp³-hybridized carbons (Fsp3) is 0.0526. The Morgan fingerprint density at radius 3 is 1.41 bits per heavy atom. The molecule has 3 aliphatic rings. The van der Waals surface area contributed by atoms with Gasteiger partial charge in [0, 0.05) is 0 Å². The summed E-state index contributed by atoms with van der Waals surface area (Å²) in [5.41, 5.74) is 11.2. The van der Waals surface area contributed by atoms with Gasteiger partial charge in [0.15, 0.2) is 0 Å². The van der Waals surface area contributed by atoms with Crippen LogP contribution in [-0.2, 0) is 17.6 Å². The van der Waals surface area contributed by atoms with Crippen molar-refractivity contribution < 1.29 is 17.6 Å². The molecule has 5 aromatic rings. The number of rotatable bonds is 3. The summed E-state index contributed by atoms with van der Waals surface area (Å²) in [6.07, 6.45) is 8.81. The van der Waals surface area contributed by atoms with Crippen molar-refractivity contribution in [1.82, 2.24) is 9.80 Å². The number of fused-ring (bicyclic) bond motifs is 8. The molecule has 4 bridgehead atoms. The van der Waals surface area contributed by atoms with Crippen LogP contribution in [0, 0.1) is 0 Å². The zero-order valence-corrected chi connectivity index (χ0v) is 26.9. The van der Waals surface area contributed by atoms with Crippen LogP contribution in [0.25, 0.3) is 22.3 Å². The predicted octanol–water partition coefficient (Wildman–Crippen LogP) is 5.25. The zero-order chi connectivity index (χ0) is 29.6. The van der Waals surface area contributed by atoms with E-state index in [9.17, 15) is 0 Å². The normalized spacial score (nSPS) is 15.5. The molecule has 0 aromatic heterocycles. The number of hydrogen-bond acceptors (Lipinski definition) is 4. The fourth-order valence-electron chi connectivity index (χ4n) is 6.37. The molecule has 6 heteroatoms. The second-order valence-electron chi connectivity index (χ2n) is 11.2. The number of nitrogens with zero attached hydrogens (tertiary/aromatic N) is 4. The van der Waals surface area contributed by atoms with Crippen LogP contribution in [0.4, 0.5) is 11.4 Å². The first-order valence-corrected chi connectivity index (χ1v) is 17.1. The maximum atomic E-state index is 2.40. The maximum absolute atomic E-state index is 2.40. The van der Waals surface area contributed by atoms with Crippen molar-refractivity contribution in [3.8, 4) is 22.3 Å². The quantitative estimate of drug-likeness (QED) is 0.234. The van der Waals surface area contributed by atoms with E-state index in [2.05, 4.69) is 186 Å². The van der Waals surface area contributed by atoms with E-state index in [0.29, 0.717) is 0 Å². The van der Waals surface area contributed by atoms with Gasteiger partial charge >= 0.3 is 269 Å². The Hall–Kier alpha value is -4.73. The molecule has 216 valence electrons. The summed E-state index contributed by atoms with van der Waals surface area (Å²) in [4.78, 5) is 9.36. The summed E-state index contributed by atoms with van der Waals surface area (Å²) < 4.78 is 2.67. The van der Waals surface area contributed by atoms with Gasteiger partial charge < -0.3 is 0 Å². The van der Waals surface area contributed by atoms with E-state index in [4.69, 9.17) is 0 Å². The molecular weight excluding hydrogens is 718 g/mol. The molecular formula is C38H31BN4Pt. The van der Waals surface area contributed by atoms with Crippen molar-refractivity contribution in [2.45, 2.75) is 0 Å². The van der Waals surface area contributed by atoms with E-state index in [1.807, 2.05) is 0 Å². The van der Waals surface area contributed by atoms with Crippen molar-refractivity contribution in [2.75, 3.05) is 23.9 Å². The Morgan fingerprint density at radius 1 is 0.477 bits per heavy atom. The van der Waals surface area contributed by atoms with Crippen molar-refractivity contribution in [2.24, 2.45) is 0 Å². The second-order valence-corrected chi connectivity index (χ2v) is 13.8. The number of benzene rings is 5. The summed E-state index contributed by atoms with van der Waals surface area (Å²) in [6, 6.07) is 46.8. The Balaban J connectivity index is 1.46. The van der Waals surface area contributed by atoms with E-state index in [-0.39, 0.29) is 6.71 Å². The van der Waals surface area contributed by atoms with Crippen LogP contribution in [-0.4, -0.2) is 38.9 Å². The molecule has 3 aliphatic heterocycles. The molecule has 0 radical (unpaired) electrons. The van der Waals surface area contributed by atoms with Crippen LogP contribution in [0.2, 0.25) is 0 Å². The van der Waals surface area contributed by atoms with E-state index < -0.39 is 17.6 Å². The van der Waals surface area contributed by atoms with Gasteiger partial charge in [-0.15, -0.1) is 0 Å². The van der Waals surface area contributed by atoms with E-state index in [1.165, 1.54) is 58.3 Å². The van der Waals surface area contributed by atoms with Gasteiger partial charge in [0.2, 0.25) is 0 Å². The molecule has 0 atom stereocenters. The van der Waals surface area contributed by atoms with Gasteiger partial charge in [-0.3, -0.25) is 0 Å². The minimum absolute atomic E-state index is 0.00346. The molecule has 0 N–H and O–H groups in total. The third kappa shape index (κ3) is 4.60. The van der Waals surface area contributed by atoms with Gasteiger partial charge in [0.25, 0.3) is 0 Å². The van der Waals surface area contributed by atoms with E-state index >= 15 is 0 Å². The third-order valence-corrected chi connectivity index (χ3v) is 12.2. The van der Waals surface area contributed by atoms with Crippen LogP contribution < -0.4 is 26.2 Å². The minimum atomic E-state index is -0.514. The first-order valence-electron chi connectivity index (χ1n) is 14.8. The Kier molecular flexibility index (Phi) is 6.77. The summed E-state index contributed by atoms with van der Waals surface area (Å²) in [6.45, 7) is -0.00346. The summed E-state index contributed by atoms with van der Waals surface area (Å²) in [7, 11) is 4.33. The monoisotopic (exact) mass is 749 g/mol. The molecule has 3 heterocycles. The molecule has 0 unspecified atom stereocenters. The van der Waals surface area contributed by atoms with Gasteiger partial charge in [-0.1, -0.05) is 0 Å². The van der Waals surface area contributed by atoms with Crippen molar-refractivity contribution in [3.05, 3.63) is 152 Å². The first kappa shape index (κ1) is 26.9. The van der Waals surface area contributed by atoms with Crippen LogP contribution in [0.5, 0.6) is 0 Å². The Bertz CT molecular complexity index is 1880. The molecule has 8 rings (SSSR count). The van der Waals surface area contributed by atoms with Crippen LogP contribution in [0.15, 0.2) is 152 Å². The van der Waals surface area contributed by atoms with Crippen molar-refractivity contribution in [3.63, 3.8) is 0 Å². The summed E-state index contributed by atoms with van der Waals surface area (Å²) in [5, 5.41) is 0. The molecule has 0 saturated carbocycles. The van der Waals surface area contributed by atoms with Crippen molar-refractivity contribution in [1.29, 1.82) is 0 Å². The first-order chi connectivity index (χ1) is 21.7. The fourth-order valence-corrected chi connectivity index (χ4v) is 9.44. The standard InChI is InChI=1S/C38H31BN4.Pt/c1-40-22-24-42(28-40)34-18-9-16-32(26-34)39(33-17-10-19-35(27-33)43-25-23-41(2)29-43)38-36(30-12-5-3-6-13-30)20-11-21-37(38)31-14-7-4-8-15-31;/h3-27H,1-2H3;. The van der Waals surface area contributed by atoms with Gasteiger partial charge in [0.1, 0.15) is 0 Å². The molecule has 0 amide bonds. The van der Waals surface area contributed by atoms with Crippen molar-refractivity contribution >= 4 is 42.8 Å². The van der Waals surface area contributed by atoms with E-state index in [1.54, 1.807) is 0 Å². The number of hydrogen-bond donors (Lipinski definition) is 0. The molecule has 0 saturated heterocycles. The molecule has 0 spiro atoms. The zero-order valence-electron chi connectivity index (χ0n) is 24.6. The second kappa shape index (κ2) is 11.1. The van der Waals surface area contributed by atoms with Crippen LogP contribution in [0.3, 0.4) is 0 Å². The van der Waals surface area contributed by atoms with Gasteiger partial charge in [-0.05, 0) is 0 Å². The molecule has 44 heavy (non-hydrogen) atoms. The average Bonchev–Trinajstić information content (AvgIpc) is 3.63. The SMILES string of the molecule is CN1C=CN2[C]1=[Pt]=[C]1N(C)C=CN1c1cccc(c1)B(c1c(-c3ccccc3)cccc1-c1ccccc1)c1cccc2c1. The molecule has 0 fully saturated rings.